The number of hydrogen-bond acceptors (Lipinski definition) is 3. The fourth-order valence-electron chi connectivity index (χ4n) is 5.39. The number of Topliss-reactive ketones (excluding diaryl/α,β-unsaturated/α-hetero) is 1. The van der Waals surface area contributed by atoms with E-state index < -0.39 is 5.97 Å². The van der Waals surface area contributed by atoms with E-state index in [-0.39, 0.29) is 17.3 Å². The van der Waals surface area contributed by atoms with Gasteiger partial charge in [0, 0.05) is 22.6 Å². The normalized spacial score (nSPS) is 12.1. The summed E-state index contributed by atoms with van der Waals surface area (Å²) in [6, 6.07) is 26.4. The Labute approximate surface area is 245 Å². The first-order valence-electron chi connectivity index (χ1n) is 14.0. The number of nitrogens with zero attached hydrogens (tertiary/aromatic N) is 1. The summed E-state index contributed by atoms with van der Waals surface area (Å²) in [5.74, 6) is -0.118. The van der Waals surface area contributed by atoms with Crippen LogP contribution < -0.4 is 0 Å². The van der Waals surface area contributed by atoms with E-state index in [4.69, 9.17) is 16.6 Å². The van der Waals surface area contributed by atoms with Gasteiger partial charge < -0.3 is 10.1 Å². The number of carboxylic acid groups (broad SMARTS) is 1. The largest absolute Gasteiger partial charge is 0.478 e. The lowest BCUT2D eigenvalue weighted by atomic mass is 9.87. The zero-order valence-corrected chi connectivity index (χ0v) is 24.2. The molecule has 5 nitrogen and oxygen atoms in total. The van der Waals surface area contributed by atoms with E-state index in [9.17, 15) is 14.7 Å². The molecule has 5 aromatic rings. The first-order chi connectivity index (χ1) is 19.7. The lowest BCUT2D eigenvalue weighted by molar-refractivity contribution is 0.0697. The molecule has 0 fully saturated rings. The minimum Gasteiger partial charge on any atom is -0.478 e. The van der Waals surface area contributed by atoms with E-state index >= 15 is 0 Å². The number of H-pyrrole nitrogens is 1. The fourth-order valence-corrected chi connectivity index (χ4v) is 5.56. The second-order valence-electron chi connectivity index (χ2n) is 10.8. The summed E-state index contributed by atoms with van der Waals surface area (Å²) >= 11 is 6.42. The zero-order valence-electron chi connectivity index (χ0n) is 23.4. The highest BCUT2D eigenvalue weighted by Crippen LogP contribution is 2.37. The van der Waals surface area contributed by atoms with Gasteiger partial charge in [0.25, 0.3) is 0 Å². The van der Waals surface area contributed by atoms with E-state index in [0.29, 0.717) is 39.9 Å². The van der Waals surface area contributed by atoms with E-state index in [1.807, 2.05) is 42.5 Å². The molecular weight excluding hydrogens is 532 g/mol. The standard InChI is InChI=1S/C35H33ClN2O3/c1-4-8-24(22-9-6-5-7-10-22)19-33(39)25-11-14-27(30(17-25)35(40)41)29-20-26(36)13-15-28(29)34-37-31-16-12-23(21(2)3)18-32(31)38-34/h5-7,9-18,20-21,24H,4,8,19H2,1-3H3,(H,37,38)(H,40,41)/t24-/m0/s1. The van der Waals surface area contributed by atoms with Crippen molar-refractivity contribution in [1.82, 2.24) is 9.97 Å². The van der Waals surface area contributed by atoms with Gasteiger partial charge in [-0.3, -0.25) is 4.79 Å². The van der Waals surface area contributed by atoms with Gasteiger partial charge in [0.1, 0.15) is 5.82 Å². The Morgan fingerprint density at radius 2 is 1.63 bits per heavy atom. The van der Waals surface area contributed by atoms with Crippen molar-refractivity contribution in [3.8, 4) is 22.5 Å². The molecular formula is C35H33ClN2O3. The molecule has 6 heteroatoms. The number of carbonyl (C=O) groups excluding carboxylic acids is 1. The Morgan fingerprint density at radius 1 is 0.878 bits per heavy atom. The molecule has 4 aromatic carbocycles. The number of carboxylic acids is 1. The molecule has 0 unspecified atom stereocenters. The number of aromatic amines is 1. The summed E-state index contributed by atoms with van der Waals surface area (Å²) in [6.45, 7) is 6.39. The first kappa shape index (κ1) is 28.3. The van der Waals surface area contributed by atoms with E-state index in [2.05, 4.69) is 37.9 Å². The van der Waals surface area contributed by atoms with Crippen LogP contribution in [0.5, 0.6) is 0 Å². The van der Waals surface area contributed by atoms with Crippen LogP contribution in [-0.2, 0) is 0 Å². The summed E-state index contributed by atoms with van der Waals surface area (Å²) in [5.41, 5.74) is 6.31. The van der Waals surface area contributed by atoms with Gasteiger partial charge in [-0.25, -0.2) is 9.78 Å². The monoisotopic (exact) mass is 564 g/mol. The van der Waals surface area contributed by atoms with Gasteiger partial charge in [0.2, 0.25) is 0 Å². The number of imidazole rings is 1. The minimum atomic E-state index is -1.11. The number of halogens is 1. The Hall–Kier alpha value is -4.22. The molecule has 0 aliphatic carbocycles. The highest BCUT2D eigenvalue weighted by atomic mass is 35.5. The summed E-state index contributed by atoms with van der Waals surface area (Å²) in [6.07, 6.45) is 2.14. The van der Waals surface area contributed by atoms with Crippen molar-refractivity contribution in [3.05, 3.63) is 112 Å². The third-order valence-electron chi connectivity index (χ3n) is 7.61. The number of benzene rings is 4. The highest BCUT2D eigenvalue weighted by Gasteiger charge is 2.22. The number of hydrogen-bond donors (Lipinski definition) is 2. The number of nitrogens with one attached hydrogen (secondary N) is 1. The smallest absolute Gasteiger partial charge is 0.336 e. The van der Waals surface area contributed by atoms with Crippen molar-refractivity contribution in [3.63, 3.8) is 0 Å². The van der Waals surface area contributed by atoms with E-state index in [1.54, 1.807) is 24.3 Å². The number of aromatic nitrogens is 2. The average Bonchev–Trinajstić information content (AvgIpc) is 3.40. The summed E-state index contributed by atoms with van der Waals surface area (Å²) in [5, 5.41) is 10.7. The van der Waals surface area contributed by atoms with Gasteiger partial charge in [-0.05, 0) is 76.9 Å². The molecule has 0 aliphatic rings. The maximum absolute atomic E-state index is 13.4. The predicted molar refractivity (Wildman–Crippen MR) is 166 cm³/mol. The van der Waals surface area contributed by atoms with E-state index in [1.165, 1.54) is 11.6 Å². The van der Waals surface area contributed by atoms with Crippen LogP contribution in [0.15, 0.2) is 84.9 Å². The quantitative estimate of drug-likeness (QED) is 0.165. The predicted octanol–water partition coefficient (Wildman–Crippen LogP) is 9.53. The van der Waals surface area contributed by atoms with E-state index in [0.717, 1.165) is 35.0 Å². The summed E-state index contributed by atoms with van der Waals surface area (Å²) in [4.78, 5) is 34.1. The van der Waals surface area contributed by atoms with Crippen LogP contribution in [0.1, 0.15) is 83.7 Å². The van der Waals surface area contributed by atoms with Crippen LogP contribution in [0.25, 0.3) is 33.5 Å². The zero-order chi connectivity index (χ0) is 29.1. The molecule has 0 saturated carbocycles. The number of fused-ring (bicyclic) bond motifs is 1. The van der Waals surface area contributed by atoms with Gasteiger partial charge in [0.05, 0.1) is 16.6 Å². The maximum atomic E-state index is 13.4. The van der Waals surface area contributed by atoms with Gasteiger partial charge in [-0.2, -0.15) is 0 Å². The molecule has 5 rings (SSSR count). The van der Waals surface area contributed by atoms with Crippen molar-refractivity contribution in [1.29, 1.82) is 0 Å². The lowest BCUT2D eigenvalue weighted by Gasteiger charge is -2.17. The maximum Gasteiger partial charge on any atom is 0.336 e. The SMILES string of the molecule is CCC[C@@H](CC(=O)c1ccc(-c2cc(Cl)ccc2-c2nc3ccc(C(C)C)cc3[nH]2)c(C(=O)O)c1)c1ccccc1. The van der Waals surface area contributed by atoms with Gasteiger partial charge >= 0.3 is 5.97 Å². The molecule has 0 amide bonds. The second-order valence-corrected chi connectivity index (χ2v) is 11.2. The second kappa shape index (κ2) is 12.1. The lowest BCUT2D eigenvalue weighted by Crippen LogP contribution is -2.10. The molecule has 1 heterocycles. The molecule has 0 aliphatic heterocycles. The molecule has 208 valence electrons. The van der Waals surface area contributed by atoms with Crippen LogP contribution in [0.2, 0.25) is 5.02 Å². The van der Waals surface area contributed by atoms with Gasteiger partial charge in [0.15, 0.2) is 5.78 Å². The van der Waals surface area contributed by atoms with Crippen molar-refractivity contribution in [2.45, 2.75) is 51.9 Å². The molecule has 0 spiro atoms. The van der Waals surface area contributed by atoms with Gasteiger partial charge in [-0.1, -0.05) is 87.3 Å². The summed E-state index contributed by atoms with van der Waals surface area (Å²) in [7, 11) is 0. The number of carbonyl (C=O) groups is 2. The van der Waals surface area contributed by atoms with Crippen molar-refractivity contribution >= 4 is 34.4 Å². The molecule has 2 N–H and O–H groups in total. The molecule has 1 aromatic heterocycles. The molecule has 0 saturated heterocycles. The fraction of sp³-hybridized carbons (Fsp3) is 0.229. The Balaban J connectivity index is 1.54. The molecule has 0 bridgehead atoms. The van der Waals surface area contributed by atoms with Gasteiger partial charge in [-0.15, -0.1) is 0 Å². The third-order valence-corrected chi connectivity index (χ3v) is 7.85. The van der Waals surface area contributed by atoms with Crippen molar-refractivity contribution < 1.29 is 14.7 Å². The topological polar surface area (TPSA) is 83.0 Å². The van der Waals surface area contributed by atoms with Crippen LogP contribution in [0, 0.1) is 0 Å². The Morgan fingerprint density at radius 3 is 2.34 bits per heavy atom. The molecule has 0 radical (unpaired) electrons. The third kappa shape index (κ3) is 6.10. The molecule has 1 atom stereocenters. The van der Waals surface area contributed by atoms with Crippen LogP contribution in [-0.4, -0.2) is 26.8 Å². The number of aromatic carboxylic acids is 1. The Bertz CT molecular complexity index is 1720. The minimum absolute atomic E-state index is 0.0457. The van der Waals surface area contributed by atoms with Crippen molar-refractivity contribution in [2.75, 3.05) is 0 Å². The summed E-state index contributed by atoms with van der Waals surface area (Å²) < 4.78 is 0. The van der Waals surface area contributed by atoms with Crippen LogP contribution >= 0.6 is 11.6 Å². The number of ketones is 1. The highest BCUT2D eigenvalue weighted by molar-refractivity contribution is 6.31. The van der Waals surface area contributed by atoms with Crippen LogP contribution in [0.3, 0.4) is 0 Å². The average molecular weight is 565 g/mol. The Kier molecular flexibility index (Phi) is 8.36. The van der Waals surface area contributed by atoms with Crippen LogP contribution in [0.4, 0.5) is 0 Å². The first-order valence-corrected chi connectivity index (χ1v) is 14.4. The molecule has 41 heavy (non-hydrogen) atoms. The van der Waals surface area contributed by atoms with Crippen molar-refractivity contribution in [2.24, 2.45) is 0 Å². The number of rotatable bonds is 10.